The standard InChI is InChI=1S/C34H36N4O7/c1-34(2,3)44-30(39)19-28(31-37-29(38-45-31)17-18-35-32(40)42-20-22-11-5-4-6-12-22)36-33(41)43-21-27-25-15-9-7-13-23(25)24-14-8-10-16-26(24)27/h4-16,27-28H,17-21H2,1-3H3,(H,35,40)(H,36,41)/t28-/m0/s1. The summed E-state index contributed by atoms with van der Waals surface area (Å²) in [4.78, 5) is 42.2. The van der Waals surface area contributed by atoms with Crippen LogP contribution in [0.15, 0.2) is 83.4 Å². The van der Waals surface area contributed by atoms with Crippen molar-refractivity contribution in [3.63, 3.8) is 0 Å². The van der Waals surface area contributed by atoms with Crippen molar-refractivity contribution in [3.05, 3.63) is 107 Å². The molecule has 5 rings (SSSR count). The van der Waals surface area contributed by atoms with E-state index in [0.29, 0.717) is 0 Å². The Balaban J connectivity index is 1.19. The SMILES string of the molecule is CC(C)(C)OC(=O)C[C@H](NC(=O)OCC1c2ccccc2-c2ccccc21)c1nc(CCNC(=O)OCc2ccccc2)no1. The van der Waals surface area contributed by atoms with Gasteiger partial charge in [-0.1, -0.05) is 84.0 Å². The Kier molecular flexibility index (Phi) is 9.76. The number of aromatic nitrogens is 2. The van der Waals surface area contributed by atoms with Crippen LogP contribution in [0, 0.1) is 0 Å². The number of carbonyl (C=O) groups is 3. The molecule has 2 N–H and O–H groups in total. The molecule has 1 aliphatic carbocycles. The lowest BCUT2D eigenvalue weighted by Gasteiger charge is -2.21. The normalized spacial score (nSPS) is 12.9. The number of nitrogens with one attached hydrogen (secondary N) is 2. The number of benzene rings is 3. The molecule has 11 heteroatoms. The Hall–Kier alpha value is -5.19. The molecule has 11 nitrogen and oxygen atoms in total. The van der Waals surface area contributed by atoms with Gasteiger partial charge in [0.2, 0.25) is 5.89 Å². The van der Waals surface area contributed by atoms with Gasteiger partial charge in [-0.05, 0) is 48.6 Å². The fourth-order valence-electron chi connectivity index (χ4n) is 5.09. The molecule has 0 saturated heterocycles. The molecule has 0 aliphatic heterocycles. The van der Waals surface area contributed by atoms with Gasteiger partial charge in [0.1, 0.15) is 24.9 Å². The minimum absolute atomic E-state index is 0.0102. The molecule has 3 aromatic carbocycles. The molecule has 0 saturated carbocycles. The quantitative estimate of drug-likeness (QED) is 0.158. The lowest BCUT2D eigenvalue weighted by Crippen LogP contribution is -2.34. The summed E-state index contributed by atoms with van der Waals surface area (Å²) in [5, 5.41) is 9.29. The summed E-state index contributed by atoms with van der Waals surface area (Å²) < 4.78 is 21.8. The number of rotatable bonds is 11. The van der Waals surface area contributed by atoms with Gasteiger partial charge in [0.25, 0.3) is 0 Å². The fraction of sp³-hybridized carbons (Fsp3) is 0.324. The van der Waals surface area contributed by atoms with Crippen molar-refractivity contribution >= 4 is 18.2 Å². The highest BCUT2D eigenvalue weighted by atomic mass is 16.6. The number of fused-ring (bicyclic) bond motifs is 3. The average Bonchev–Trinajstić information content (AvgIpc) is 3.61. The second-order valence-corrected chi connectivity index (χ2v) is 11.6. The van der Waals surface area contributed by atoms with E-state index in [4.69, 9.17) is 18.7 Å². The molecule has 0 spiro atoms. The molecule has 1 atom stereocenters. The topological polar surface area (TPSA) is 142 Å². The molecule has 45 heavy (non-hydrogen) atoms. The third-order valence-corrected chi connectivity index (χ3v) is 7.04. The van der Waals surface area contributed by atoms with Crippen LogP contribution in [-0.2, 0) is 32.0 Å². The van der Waals surface area contributed by atoms with Crippen molar-refractivity contribution in [2.24, 2.45) is 0 Å². The van der Waals surface area contributed by atoms with Crippen LogP contribution in [0.1, 0.15) is 67.6 Å². The van der Waals surface area contributed by atoms with Gasteiger partial charge < -0.3 is 29.4 Å². The molecular weight excluding hydrogens is 576 g/mol. The molecule has 0 bridgehead atoms. The summed E-state index contributed by atoms with van der Waals surface area (Å²) in [5.74, 6) is -0.406. The molecular formula is C34H36N4O7. The van der Waals surface area contributed by atoms with E-state index in [1.165, 1.54) is 0 Å². The molecule has 0 radical (unpaired) electrons. The smallest absolute Gasteiger partial charge is 0.407 e. The van der Waals surface area contributed by atoms with Gasteiger partial charge in [0, 0.05) is 18.9 Å². The maximum atomic E-state index is 13.1. The Labute approximate surface area is 261 Å². The zero-order valence-corrected chi connectivity index (χ0v) is 25.4. The van der Waals surface area contributed by atoms with Crippen LogP contribution in [0.4, 0.5) is 9.59 Å². The van der Waals surface area contributed by atoms with Gasteiger partial charge >= 0.3 is 18.2 Å². The van der Waals surface area contributed by atoms with E-state index < -0.39 is 29.8 Å². The van der Waals surface area contributed by atoms with Crippen LogP contribution >= 0.6 is 0 Å². The molecule has 1 heterocycles. The summed E-state index contributed by atoms with van der Waals surface area (Å²) >= 11 is 0. The van der Waals surface area contributed by atoms with Gasteiger partial charge in [-0.3, -0.25) is 4.79 Å². The first-order valence-electron chi connectivity index (χ1n) is 14.8. The summed E-state index contributed by atoms with van der Waals surface area (Å²) in [6, 6.07) is 24.4. The largest absolute Gasteiger partial charge is 0.460 e. The fourth-order valence-corrected chi connectivity index (χ4v) is 5.09. The van der Waals surface area contributed by atoms with E-state index in [2.05, 4.69) is 32.9 Å². The van der Waals surface area contributed by atoms with Crippen LogP contribution in [0.3, 0.4) is 0 Å². The summed E-state index contributed by atoms with van der Waals surface area (Å²) in [5.41, 5.74) is 4.53. The molecule has 2 amide bonds. The second-order valence-electron chi connectivity index (χ2n) is 11.6. The van der Waals surface area contributed by atoms with Crippen LogP contribution < -0.4 is 10.6 Å². The van der Waals surface area contributed by atoms with Crippen molar-refractivity contribution in [1.82, 2.24) is 20.8 Å². The van der Waals surface area contributed by atoms with Crippen LogP contribution in [0.5, 0.6) is 0 Å². The maximum Gasteiger partial charge on any atom is 0.407 e. The highest BCUT2D eigenvalue weighted by Gasteiger charge is 2.31. The molecule has 234 valence electrons. The van der Waals surface area contributed by atoms with Gasteiger partial charge in [-0.15, -0.1) is 0 Å². The first kappa shape index (κ1) is 31.2. The van der Waals surface area contributed by atoms with E-state index in [1.54, 1.807) is 20.8 Å². The van der Waals surface area contributed by atoms with E-state index in [9.17, 15) is 14.4 Å². The summed E-state index contributed by atoms with van der Waals surface area (Å²) in [6.07, 6.45) is -1.35. The Bertz CT molecular complexity index is 1590. The van der Waals surface area contributed by atoms with Crippen molar-refractivity contribution in [2.75, 3.05) is 13.2 Å². The predicted molar refractivity (Wildman–Crippen MR) is 164 cm³/mol. The zero-order valence-electron chi connectivity index (χ0n) is 25.4. The molecule has 0 unspecified atom stereocenters. The van der Waals surface area contributed by atoms with Crippen molar-refractivity contribution < 1.29 is 33.1 Å². The number of hydrogen-bond acceptors (Lipinski definition) is 9. The average molecular weight is 613 g/mol. The minimum atomic E-state index is -0.999. The Morgan fingerprint density at radius 1 is 0.867 bits per heavy atom. The summed E-state index contributed by atoms with van der Waals surface area (Å²) in [7, 11) is 0. The lowest BCUT2D eigenvalue weighted by molar-refractivity contribution is -0.155. The van der Waals surface area contributed by atoms with E-state index in [0.717, 1.165) is 27.8 Å². The van der Waals surface area contributed by atoms with Gasteiger partial charge in [-0.2, -0.15) is 4.98 Å². The number of ether oxygens (including phenoxy) is 3. The number of hydrogen-bond donors (Lipinski definition) is 2. The van der Waals surface area contributed by atoms with E-state index in [1.807, 2.05) is 66.7 Å². The minimum Gasteiger partial charge on any atom is -0.460 e. The molecule has 0 fully saturated rings. The van der Waals surface area contributed by atoms with Gasteiger partial charge in [-0.25, -0.2) is 9.59 Å². The number of nitrogens with zero attached hydrogens (tertiary/aromatic N) is 2. The number of alkyl carbamates (subject to hydrolysis) is 2. The first-order chi connectivity index (χ1) is 21.7. The predicted octanol–water partition coefficient (Wildman–Crippen LogP) is 5.85. The van der Waals surface area contributed by atoms with Crippen LogP contribution in [0.2, 0.25) is 0 Å². The third-order valence-electron chi connectivity index (χ3n) is 7.04. The number of amides is 2. The third kappa shape index (κ3) is 8.47. The molecule has 1 aromatic heterocycles. The van der Waals surface area contributed by atoms with Gasteiger partial charge in [0.05, 0.1) is 6.42 Å². The molecule has 4 aromatic rings. The van der Waals surface area contributed by atoms with Crippen molar-refractivity contribution in [2.45, 2.75) is 57.8 Å². The van der Waals surface area contributed by atoms with E-state index in [-0.39, 0.29) is 50.2 Å². The Morgan fingerprint density at radius 2 is 1.51 bits per heavy atom. The monoisotopic (exact) mass is 612 g/mol. The number of carbonyl (C=O) groups excluding carboxylic acids is 3. The summed E-state index contributed by atoms with van der Waals surface area (Å²) in [6.45, 7) is 5.68. The highest BCUT2D eigenvalue weighted by Crippen LogP contribution is 2.44. The van der Waals surface area contributed by atoms with Crippen molar-refractivity contribution in [3.8, 4) is 11.1 Å². The van der Waals surface area contributed by atoms with Gasteiger partial charge in [0.15, 0.2) is 5.82 Å². The first-order valence-corrected chi connectivity index (χ1v) is 14.8. The lowest BCUT2D eigenvalue weighted by atomic mass is 9.98. The highest BCUT2D eigenvalue weighted by molar-refractivity contribution is 5.79. The Morgan fingerprint density at radius 3 is 2.18 bits per heavy atom. The zero-order chi connectivity index (χ0) is 31.8. The van der Waals surface area contributed by atoms with E-state index >= 15 is 0 Å². The van der Waals surface area contributed by atoms with Crippen LogP contribution in [0.25, 0.3) is 11.1 Å². The number of esters is 1. The van der Waals surface area contributed by atoms with Crippen molar-refractivity contribution in [1.29, 1.82) is 0 Å². The maximum absolute atomic E-state index is 13.1. The second kappa shape index (κ2) is 14.1. The van der Waals surface area contributed by atoms with Crippen LogP contribution in [-0.4, -0.2) is 47.0 Å². The molecule has 1 aliphatic rings.